The summed E-state index contributed by atoms with van der Waals surface area (Å²) in [5.41, 5.74) is 0.135. The Morgan fingerprint density at radius 3 is 2.79 bits per heavy atom. The second kappa shape index (κ2) is 3.74. The van der Waals surface area contributed by atoms with Gasteiger partial charge in [0.05, 0.1) is 6.04 Å². The average molecular weight is 214 g/mol. The normalized spacial score (nSPS) is 35.0. The minimum atomic E-state index is 0.0214. The lowest BCUT2D eigenvalue weighted by Gasteiger charge is -2.44. The Labute approximate surface area is 89.4 Å². The molecule has 2 fully saturated rings. The predicted molar refractivity (Wildman–Crippen MR) is 59.4 cm³/mol. The SMILES string of the molecule is CC1(C)CNC1C(=O)NC1CCSC1. The van der Waals surface area contributed by atoms with Gasteiger partial charge in [-0.1, -0.05) is 13.8 Å². The van der Waals surface area contributed by atoms with Gasteiger partial charge in [-0.2, -0.15) is 11.8 Å². The van der Waals surface area contributed by atoms with Crippen LogP contribution in [0.4, 0.5) is 0 Å². The van der Waals surface area contributed by atoms with E-state index in [1.54, 1.807) is 0 Å². The van der Waals surface area contributed by atoms with Crippen molar-refractivity contribution in [3.05, 3.63) is 0 Å². The minimum Gasteiger partial charge on any atom is -0.351 e. The van der Waals surface area contributed by atoms with Crippen LogP contribution in [0.1, 0.15) is 20.3 Å². The lowest BCUT2D eigenvalue weighted by Crippen LogP contribution is -2.66. The molecule has 0 saturated carbocycles. The van der Waals surface area contributed by atoms with Gasteiger partial charge in [0.1, 0.15) is 0 Å². The molecular formula is C10H18N2OS. The third kappa shape index (κ3) is 1.91. The lowest BCUT2D eigenvalue weighted by molar-refractivity contribution is -0.129. The summed E-state index contributed by atoms with van der Waals surface area (Å²) >= 11 is 1.93. The van der Waals surface area contributed by atoms with Crippen molar-refractivity contribution in [3.8, 4) is 0 Å². The summed E-state index contributed by atoms with van der Waals surface area (Å²) in [5.74, 6) is 2.46. The van der Waals surface area contributed by atoms with Gasteiger partial charge in [-0.3, -0.25) is 4.79 Å². The molecule has 0 spiro atoms. The van der Waals surface area contributed by atoms with E-state index in [1.165, 1.54) is 5.75 Å². The molecule has 2 saturated heterocycles. The van der Waals surface area contributed by atoms with E-state index in [9.17, 15) is 4.79 Å². The summed E-state index contributed by atoms with van der Waals surface area (Å²) in [6, 6.07) is 0.429. The molecule has 2 N–H and O–H groups in total. The van der Waals surface area contributed by atoms with Crippen molar-refractivity contribution in [2.24, 2.45) is 5.41 Å². The fraction of sp³-hybridized carbons (Fsp3) is 0.900. The van der Waals surface area contributed by atoms with Crippen LogP contribution in [0.3, 0.4) is 0 Å². The molecule has 1 amide bonds. The van der Waals surface area contributed by atoms with Crippen LogP contribution in [0.2, 0.25) is 0 Å². The molecule has 0 bridgehead atoms. The molecule has 0 aromatic rings. The van der Waals surface area contributed by atoms with Crippen molar-refractivity contribution in [2.45, 2.75) is 32.4 Å². The van der Waals surface area contributed by atoms with Crippen LogP contribution in [0.15, 0.2) is 0 Å². The highest BCUT2D eigenvalue weighted by atomic mass is 32.2. The molecule has 0 aliphatic carbocycles. The fourth-order valence-electron chi connectivity index (χ4n) is 1.99. The van der Waals surface area contributed by atoms with Gasteiger partial charge in [0.2, 0.25) is 5.91 Å². The van der Waals surface area contributed by atoms with E-state index in [1.807, 2.05) is 11.8 Å². The molecule has 4 heteroatoms. The quantitative estimate of drug-likeness (QED) is 0.707. The first-order valence-corrected chi connectivity index (χ1v) is 6.36. The van der Waals surface area contributed by atoms with E-state index in [0.29, 0.717) is 6.04 Å². The average Bonchev–Trinajstić information content (AvgIpc) is 2.55. The number of amides is 1. The number of carbonyl (C=O) groups is 1. The second-order valence-corrected chi connectivity index (χ2v) is 6.02. The van der Waals surface area contributed by atoms with E-state index >= 15 is 0 Å². The van der Waals surface area contributed by atoms with Crippen molar-refractivity contribution >= 4 is 17.7 Å². The van der Waals surface area contributed by atoms with E-state index < -0.39 is 0 Å². The summed E-state index contributed by atoms with van der Waals surface area (Å²) in [4.78, 5) is 11.8. The first-order valence-electron chi connectivity index (χ1n) is 5.21. The molecule has 0 aromatic carbocycles. The standard InChI is InChI=1S/C10H18N2OS/c1-10(2)6-11-8(10)9(13)12-7-3-4-14-5-7/h7-8,11H,3-6H2,1-2H3,(H,12,13). The number of hydrogen-bond acceptors (Lipinski definition) is 3. The Bertz CT molecular complexity index is 236. The first kappa shape index (κ1) is 10.3. The van der Waals surface area contributed by atoms with E-state index in [-0.39, 0.29) is 17.4 Å². The summed E-state index contributed by atoms with van der Waals surface area (Å²) in [7, 11) is 0. The van der Waals surface area contributed by atoms with Gasteiger partial charge in [-0.05, 0) is 12.2 Å². The largest absolute Gasteiger partial charge is 0.351 e. The van der Waals surface area contributed by atoms with Crippen molar-refractivity contribution in [3.63, 3.8) is 0 Å². The molecule has 14 heavy (non-hydrogen) atoms. The van der Waals surface area contributed by atoms with Gasteiger partial charge in [-0.15, -0.1) is 0 Å². The number of thioether (sulfide) groups is 1. The molecule has 2 atom stereocenters. The van der Waals surface area contributed by atoms with Crippen LogP contribution >= 0.6 is 11.8 Å². The van der Waals surface area contributed by atoms with Gasteiger partial charge in [-0.25, -0.2) is 0 Å². The third-order valence-corrected chi connectivity index (χ3v) is 4.24. The van der Waals surface area contributed by atoms with E-state index in [0.717, 1.165) is 18.7 Å². The molecule has 2 aliphatic rings. The topological polar surface area (TPSA) is 41.1 Å². The summed E-state index contributed by atoms with van der Waals surface area (Å²) in [6.45, 7) is 5.22. The van der Waals surface area contributed by atoms with Crippen molar-refractivity contribution in [1.82, 2.24) is 10.6 Å². The van der Waals surface area contributed by atoms with Crippen LogP contribution in [-0.2, 0) is 4.79 Å². The highest BCUT2D eigenvalue weighted by Crippen LogP contribution is 2.28. The van der Waals surface area contributed by atoms with Crippen LogP contribution in [0.25, 0.3) is 0 Å². The molecule has 2 unspecified atom stereocenters. The number of rotatable bonds is 2. The maximum atomic E-state index is 11.8. The molecule has 80 valence electrons. The van der Waals surface area contributed by atoms with Gasteiger partial charge in [0.15, 0.2) is 0 Å². The molecule has 2 aliphatic heterocycles. The fourth-order valence-corrected chi connectivity index (χ4v) is 3.15. The van der Waals surface area contributed by atoms with Gasteiger partial charge in [0.25, 0.3) is 0 Å². The first-order chi connectivity index (χ1) is 6.59. The Balaban J connectivity index is 1.83. The van der Waals surface area contributed by atoms with Crippen LogP contribution in [0.5, 0.6) is 0 Å². The maximum Gasteiger partial charge on any atom is 0.237 e. The second-order valence-electron chi connectivity index (χ2n) is 4.87. The molecular weight excluding hydrogens is 196 g/mol. The molecule has 0 aromatic heterocycles. The molecule has 2 rings (SSSR count). The van der Waals surface area contributed by atoms with Gasteiger partial charge >= 0.3 is 0 Å². The Morgan fingerprint density at radius 2 is 2.36 bits per heavy atom. The maximum absolute atomic E-state index is 11.8. The van der Waals surface area contributed by atoms with Gasteiger partial charge in [0, 0.05) is 23.8 Å². The molecule has 2 heterocycles. The van der Waals surface area contributed by atoms with Crippen molar-refractivity contribution < 1.29 is 4.79 Å². The number of hydrogen-bond donors (Lipinski definition) is 2. The number of carbonyl (C=O) groups excluding carboxylic acids is 1. The minimum absolute atomic E-state index is 0.0214. The summed E-state index contributed by atoms with van der Waals surface area (Å²) in [6.07, 6.45) is 1.13. The zero-order valence-electron chi connectivity index (χ0n) is 8.80. The zero-order chi connectivity index (χ0) is 10.2. The highest BCUT2D eigenvalue weighted by Gasteiger charge is 2.43. The van der Waals surface area contributed by atoms with Crippen LogP contribution in [-0.4, -0.2) is 36.0 Å². The van der Waals surface area contributed by atoms with Crippen molar-refractivity contribution in [1.29, 1.82) is 0 Å². The number of nitrogens with one attached hydrogen (secondary N) is 2. The molecule has 0 radical (unpaired) electrons. The highest BCUT2D eigenvalue weighted by molar-refractivity contribution is 7.99. The van der Waals surface area contributed by atoms with E-state index in [4.69, 9.17) is 0 Å². The monoisotopic (exact) mass is 214 g/mol. The van der Waals surface area contributed by atoms with Gasteiger partial charge < -0.3 is 10.6 Å². The third-order valence-electron chi connectivity index (χ3n) is 3.08. The Hall–Kier alpha value is -0.220. The van der Waals surface area contributed by atoms with Crippen LogP contribution in [0, 0.1) is 5.41 Å². The smallest absolute Gasteiger partial charge is 0.237 e. The Kier molecular flexibility index (Phi) is 2.75. The van der Waals surface area contributed by atoms with E-state index in [2.05, 4.69) is 24.5 Å². The lowest BCUT2D eigenvalue weighted by atomic mass is 9.77. The Morgan fingerprint density at radius 1 is 1.57 bits per heavy atom. The van der Waals surface area contributed by atoms with Crippen molar-refractivity contribution in [2.75, 3.05) is 18.1 Å². The molecule has 3 nitrogen and oxygen atoms in total. The summed E-state index contributed by atoms with van der Waals surface area (Å²) < 4.78 is 0. The summed E-state index contributed by atoms with van der Waals surface area (Å²) in [5, 5.41) is 6.30. The van der Waals surface area contributed by atoms with Crippen LogP contribution < -0.4 is 10.6 Å². The zero-order valence-corrected chi connectivity index (χ0v) is 9.62. The predicted octanol–water partition coefficient (Wildman–Crippen LogP) is 0.606.